The Hall–Kier alpha value is -1.65. The molecule has 2 heterocycles. The summed E-state index contributed by atoms with van der Waals surface area (Å²) in [5, 5.41) is 0. The normalized spacial score (nSPS) is 27.1. The number of oxazole rings is 1. The minimum absolute atomic E-state index is 0.0263. The molecule has 0 N–H and O–H groups in total. The first-order valence-electron chi connectivity index (χ1n) is 7.42. The van der Waals surface area contributed by atoms with Crippen molar-refractivity contribution in [1.82, 2.24) is 9.88 Å². The molecule has 1 saturated heterocycles. The summed E-state index contributed by atoms with van der Waals surface area (Å²) in [5.74, 6) is 0.565. The number of rotatable bonds is 2. The molecule has 1 saturated carbocycles. The number of Topliss-reactive ketones (excluding diaryl/α,β-unsaturated/α-hetero) is 1. The van der Waals surface area contributed by atoms with Crippen molar-refractivity contribution < 1.29 is 14.0 Å². The molecule has 0 bridgehead atoms. The van der Waals surface area contributed by atoms with Crippen molar-refractivity contribution in [2.24, 2.45) is 5.92 Å². The molecule has 1 aliphatic heterocycles. The molecule has 0 radical (unpaired) electrons. The van der Waals surface area contributed by atoms with Crippen molar-refractivity contribution in [2.75, 3.05) is 6.54 Å². The summed E-state index contributed by atoms with van der Waals surface area (Å²) in [5.41, 5.74) is 0.621. The molecule has 5 nitrogen and oxygen atoms in total. The van der Waals surface area contributed by atoms with Crippen molar-refractivity contribution in [1.29, 1.82) is 0 Å². The number of hydrogen-bond acceptors (Lipinski definition) is 4. The molecule has 1 amide bonds. The molecule has 2 aliphatic rings. The highest BCUT2D eigenvalue weighted by molar-refractivity contribution is 5.93. The molecule has 20 heavy (non-hydrogen) atoms. The third-order valence-electron chi connectivity index (χ3n) is 4.57. The van der Waals surface area contributed by atoms with Gasteiger partial charge in [-0.2, -0.15) is 0 Å². The van der Waals surface area contributed by atoms with Crippen LogP contribution in [0.25, 0.3) is 0 Å². The minimum atomic E-state index is -0.110. The van der Waals surface area contributed by atoms with E-state index >= 15 is 0 Å². The number of amides is 1. The van der Waals surface area contributed by atoms with Crippen molar-refractivity contribution in [2.45, 2.75) is 51.5 Å². The van der Waals surface area contributed by atoms with Crippen LogP contribution in [0.1, 0.15) is 54.8 Å². The predicted molar refractivity (Wildman–Crippen MR) is 72.3 cm³/mol. The van der Waals surface area contributed by atoms with Gasteiger partial charge in [0.25, 0.3) is 5.91 Å². The Balaban J connectivity index is 1.80. The van der Waals surface area contributed by atoms with E-state index < -0.39 is 0 Å². The summed E-state index contributed by atoms with van der Waals surface area (Å²) in [4.78, 5) is 30.5. The highest BCUT2D eigenvalue weighted by Crippen LogP contribution is 2.33. The molecular formula is C15H20N2O3. The maximum atomic E-state index is 12.6. The van der Waals surface area contributed by atoms with E-state index in [4.69, 9.17) is 4.42 Å². The standard InChI is InChI=1S/C15H20N2O3/c1-10-14(20-9-16-10)15(19)17-8-4-6-12(17)11-5-2-3-7-13(11)18/h9,11-12H,2-8H2,1H3. The van der Waals surface area contributed by atoms with Crippen LogP contribution in [-0.4, -0.2) is 34.2 Å². The minimum Gasteiger partial charge on any atom is -0.438 e. The molecule has 2 unspecified atom stereocenters. The monoisotopic (exact) mass is 276 g/mol. The Bertz CT molecular complexity index is 523. The largest absolute Gasteiger partial charge is 0.438 e. The van der Waals surface area contributed by atoms with E-state index in [1.807, 2.05) is 4.90 Å². The van der Waals surface area contributed by atoms with Crippen molar-refractivity contribution >= 4 is 11.7 Å². The Labute approximate surface area is 118 Å². The Morgan fingerprint density at radius 3 is 2.90 bits per heavy atom. The fourth-order valence-corrected chi connectivity index (χ4v) is 3.52. The maximum absolute atomic E-state index is 12.6. The van der Waals surface area contributed by atoms with Crippen molar-refractivity contribution in [3.63, 3.8) is 0 Å². The number of carbonyl (C=O) groups is 2. The molecule has 0 aromatic carbocycles. The second-order valence-electron chi connectivity index (χ2n) is 5.79. The highest BCUT2D eigenvalue weighted by Gasteiger charge is 2.40. The predicted octanol–water partition coefficient (Wildman–Crippen LogP) is 2.35. The smallest absolute Gasteiger partial charge is 0.291 e. The first-order valence-corrected chi connectivity index (χ1v) is 7.42. The van der Waals surface area contributed by atoms with Gasteiger partial charge in [-0.3, -0.25) is 9.59 Å². The number of nitrogens with zero attached hydrogens (tertiary/aromatic N) is 2. The summed E-state index contributed by atoms with van der Waals surface area (Å²) in [6.07, 6.45) is 6.88. The van der Waals surface area contributed by atoms with E-state index in [0.717, 1.165) is 32.1 Å². The van der Waals surface area contributed by atoms with Crippen molar-refractivity contribution in [3.8, 4) is 0 Å². The molecule has 0 spiro atoms. The van der Waals surface area contributed by atoms with Gasteiger partial charge >= 0.3 is 0 Å². The summed E-state index contributed by atoms with van der Waals surface area (Å²) >= 11 is 0. The zero-order chi connectivity index (χ0) is 14.1. The van der Waals surface area contributed by atoms with Crippen LogP contribution in [0.5, 0.6) is 0 Å². The number of ketones is 1. The van der Waals surface area contributed by atoms with Gasteiger partial charge in [-0.15, -0.1) is 0 Å². The molecule has 1 aromatic rings. The molecular weight excluding hydrogens is 256 g/mol. The first-order chi connectivity index (χ1) is 9.68. The Kier molecular flexibility index (Phi) is 3.59. The number of carbonyl (C=O) groups excluding carboxylic acids is 2. The van der Waals surface area contributed by atoms with Gasteiger partial charge in [0.2, 0.25) is 5.76 Å². The maximum Gasteiger partial charge on any atom is 0.291 e. The van der Waals surface area contributed by atoms with Crippen LogP contribution in [0.4, 0.5) is 0 Å². The van der Waals surface area contributed by atoms with E-state index in [2.05, 4.69) is 4.98 Å². The number of aryl methyl sites for hydroxylation is 1. The van der Waals surface area contributed by atoms with Gasteiger partial charge in [-0.25, -0.2) is 4.98 Å². The van der Waals surface area contributed by atoms with E-state index in [1.54, 1.807) is 6.92 Å². The van der Waals surface area contributed by atoms with E-state index in [0.29, 0.717) is 30.2 Å². The number of hydrogen-bond donors (Lipinski definition) is 0. The average molecular weight is 276 g/mol. The van der Waals surface area contributed by atoms with Gasteiger partial charge in [-0.05, 0) is 32.6 Å². The van der Waals surface area contributed by atoms with Gasteiger partial charge in [0.1, 0.15) is 5.78 Å². The Morgan fingerprint density at radius 2 is 2.20 bits per heavy atom. The zero-order valence-electron chi connectivity index (χ0n) is 11.8. The van der Waals surface area contributed by atoms with Gasteiger partial charge < -0.3 is 9.32 Å². The summed E-state index contributed by atoms with van der Waals surface area (Å²) in [6.45, 7) is 2.49. The molecule has 1 aromatic heterocycles. The SMILES string of the molecule is Cc1ncoc1C(=O)N1CCCC1C1CCCCC1=O. The average Bonchev–Trinajstić information content (AvgIpc) is 3.07. The van der Waals surface area contributed by atoms with E-state index in [-0.39, 0.29) is 17.9 Å². The summed E-state index contributed by atoms with van der Waals surface area (Å²) < 4.78 is 5.21. The van der Waals surface area contributed by atoms with E-state index in [9.17, 15) is 9.59 Å². The second-order valence-corrected chi connectivity index (χ2v) is 5.79. The van der Waals surface area contributed by atoms with E-state index in [1.165, 1.54) is 6.39 Å². The second kappa shape index (κ2) is 5.38. The third kappa shape index (κ3) is 2.25. The van der Waals surface area contributed by atoms with Crippen LogP contribution in [0.3, 0.4) is 0 Å². The number of aromatic nitrogens is 1. The first kappa shape index (κ1) is 13.3. The van der Waals surface area contributed by atoms with Gasteiger partial charge in [0.15, 0.2) is 6.39 Å². The lowest BCUT2D eigenvalue weighted by molar-refractivity contribution is -0.126. The van der Waals surface area contributed by atoms with Crippen LogP contribution >= 0.6 is 0 Å². The zero-order valence-corrected chi connectivity index (χ0v) is 11.8. The van der Waals surface area contributed by atoms with Crippen LogP contribution in [0.2, 0.25) is 0 Å². The van der Waals surface area contributed by atoms with Crippen LogP contribution in [0, 0.1) is 12.8 Å². The molecule has 3 rings (SSSR count). The molecule has 1 aliphatic carbocycles. The van der Waals surface area contributed by atoms with Gasteiger partial charge in [0.05, 0.1) is 5.69 Å². The third-order valence-corrected chi connectivity index (χ3v) is 4.57. The summed E-state index contributed by atoms with van der Waals surface area (Å²) in [7, 11) is 0. The lowest BCUT2D eigenvalue weighted by Crippen LogP contribution is -2.43. The van der Waals surface area contributed by atoms with Crippen LogP contribution in [-0.2, 0) is 4.79 Å². The fraction of sp³-hybridized carbons (Fsp3) is 0.667. The lowest BCUT2D eigenvalue weighted by Gasteiger charge is -2.32. The van der Waals surface area contributed by atoms with Crippen molar-refractivity contribution in [3.05, 3.63) is 17.8 Å². The Morgan fingerprint density at radius 1 is 1.35 bits per heavy atom. The topological polar surface area (TPSA) is 63.4 Å². The molecule has 2 fully saturated rings. The van der Waals surface area contributed by atoms with Crippen LogP contribution in [0.15, 0.2) is 10.8 Å². The lowest BCUT2D eigenvalue weighted by atomic mass is 9.82. The van der Waals surface area contributed by atoms with Gasteiger partial charge in [-0.1, -0.05) is 6.42 Å². The number of likely N-dealkylation sites (tertiary alicyclic amines) is 1. The summed E-state index contributed by atoms with van der Waals surface area (Å²) in [6, 6.07) is 0.0554. The quantitative estimate of drug-likeness (QED) is 0.831. The highest BCUT2D eigenvalue weighted by atomic mass is 16.3. The fourth-order valence-electron chi connectivity index (χ4n) is 3.52. The molecule has 108 valence electrons. The molecule has 5 heteroatoms. The van der Waals surface area contributed by atoms with Crippen LogP contribution < -0.4 is 0 Å². The molecule has 2 atom stereocenters. The van der Waals surface area contributed by atoms with Gasteiger partial charge in [0, 0.05) is 24.9 Å².